The number of rotatable bonds is 15. The van der Waals surface area contributed by atoms with Crippen LogP contribution in [0.2, 0.25) is 18.1 Å². The summed E-state index contributed by atoms with van der Waals surface area (Å²) in [6.45, 7) is 15.1. The fourth-order valence-electron chi connectivity index (χ4n) is 5.00. The Labute approximate surface area is 243 Å². The van der Waals surface area contributed by atoms with Gasteiger partial charge in [0.25, 0.3) is 0 Å². The molecule has 0 aliphatic heterocycles. The van der Waals surface area contributed by atoms with E-state index in [0.717, 1.165) is 48.8 Å². The summed E-state index contributed by atoms with van der Waals surface area (Å²) < 4.78 is 13.4. The van der Waals surface area contributed by atoms with Gasteiger partial charge in [0.1, 0.15) is 11.9 Å². The van der Waals surface area contributed by atoms with Gasteiger partial charge in [0.05, 0.1) is 0 Å². The van der Waals surface area contributed by atoms with Gasteiger partial charge in [0.15, 0.2) is 8.32 Å². The zero-order chi connectivity index (χ0) is 29.1. The number of aldehydes is 1. The minimum Gasteiger partial charge on any atom is -0.417 e. The van der Waals surface area contributed by atoms with Gasteiger partial charge in [-0.05, 0) is 72.0 Å². The van der Waals surface area contributed by atoms with E-state index in [1.54, 1.807) is 6.08 Å². The molecule has 0 aromatic heterocycles. The normalized spacial score (nSPS) is 14.2. The lowest BCUT2D eigenvalue weighted by Crippen LogP contribution is -2.41. The smallest absolute Gasteiger partial charge is 0.191 e. The molecule has 0 spiro atoms. The van der Waals surface area contributed by atoms with Crippen LogP contribution in [-0.4, -0.2) is 27.8 Å². The largest absolute Gasteiger partial charge is 0.417 e. The lowest BCUT2D eigenvalue weighted by molar-refractivity contribution is -0.104. The lowest BCUT2D eigenvalue weighted by atomic mass is 9.80. The zero-order valence-corrected chi connectivity index (χ0v) is 26.3. The van der Waals surface area contributed by atoms with Crippen LogP contribution >= 0.6 is 0 Å². The Morgan fingerprint density at radius 3 is 1.65 bits per heavy atom. The van der Waals surface area contributed by atoms with Crippen LogP contribution in [0.5, 0.6) is 0 Å². The summed E-state index contributed by atoms with van der Waals surface area (Å²) in [5.41, 5.74) is 2.62. The quantitative estimate of drug-likeness (QED) is 0.0615. The lowest BCUT2D eigenvalue weighted by Gasteiger charge is -2.37. The van der Waals surface area contributed by atoms with E-state index in [1.165, 1.54) is 0 Å². The molecule has 40 heavy (non-hydrogen) atoms. The second-order valence-electron chi connectivity index (χ2n) is 12.3. The second kappa shape index (κ2) is 14.7. The van der Waals surface area contributed by atoms with Gasteiger partial charge in [-0.1, -0.05) is 125 Å². The topological polar surface area (TPSA) is 35.5 Å². The number of hydrogen-bond acceptors (Lipinski definition) is 3. The van der Waals surface area contributed by atoms with Crippen molar-refractivity contribution in [1.29, 1.82) is 0 Å². The number of carbonyl (C=O) groups excluding carboxylic acids is 1. The van der Waals surface area contributed by atoms with Crippen LogP contribution in [0.4, 0.5) is 0 Å². The zero-order valence-electron chi connectivity index (χ0n) is 25.3. The van der Waals surface area contributed by atoms with Crippen LogP contribution < -0.4 is 0 Å². The maximum absolute atomic E-state index is 11.2. The molecule has 0 amide bonds. The first-order valence-corrected chi connectivity index (χ1v) is 17.6. The average molecular weight is 557 g/mol. The van der Waals surface area contributed by atoms with Crippen LogP contribution in [0, 0.1) is 11.8 Å². The molecule has 3 nitrogen and oxygen atoms in total. The number of ether oxygens (including phenoxy) is 1. The summed E-state index contributed by atoms with van der Waals surface area (Å²) >= 11 is 0. The first kappa shape index (κ1) is 31.7. The highest BCUT2D eigenvalue weighted by Gasteiger charge is 2.38. The Hall–Kier alpha value is -2.79. The summed E-state index contributed by atoms with van der Waals surface area (Å²) in [5.74, 6) is 0.639. The van der Waals surface area contributed by atoms with Crippen molar-refractivity contribution >= 4 is 14.6 Å². The third kappa shape index (κ3) is 8.12. The van der Waals surface area contributed by atoms with E-state index in [1.807, 2.05) is 18.2 Å². The molecule has 0 heterocycles. The molecule has 0 unspecified atom stereocenters. The molecule has 214 valence electrons. The van der Waals surface area contributed by atoms with Gasteiger partial charge in [-0.3, -0.25) is 4.79 Å². The second-order valence-corrected chi connectivity index (χ2v) is 17.1. The van der Waals surface area contributed by atoms with Crippen molar-refractivity contribution < 1.29 is 14.0 Å². The summed E-state index contributed by atoms with van der Waals surface area (Å²) in [6.07, 6.45) is 7.45. The van der Waals surface area contributed by atoms with Gasteiger partial charge in [-0.2, -0.15) is 0 Å². The molecule has 0 N–H and O–H groups in total. The number of hydrogen-bond donors (Lipinski definition) is 0. The van der Waals surface area contributed by atoms with Crippen molar-refractivity contribution in [2.45, 2.75) is 70.7 Å². The summed E-state index contributed by atoms with van der Waals surface area (Å²) in [5, 5.41) is 0.206. The van der Waals surface area contributed by atoms with E-state index < -0.39 is 13.9 Å². The molecule has 4 heteroatoms. The molecule has 0 saturated heterocycles. The molecule has 0 fully saturated rings. The van der Waals surface area contributed by atoms with Crippen LogP contribution in [0.25, 0.3) is 0 Å². The van der Waals surface area contributed by atoms with Crippen molar-refractivity contribution in [2.75, 3.05) is 13.2 Å². The fourth-order valence-corrected chi connectivity index (χ4v) is 6.09. The van der Waals surface area contributed by atoms with Crippen molar-refractivity contribution in [3.8, 4) is 0 Å². The van der Waals surface area contributed by atoms with Gasteiger partial charge in [-0.25, -0.2) is 0 Å². The third-order valence-corrected chi connectivity index (χ3v) is 13.1. The van der Waals surface area contributed by atoms with Gasteiger partial charge in [-0.15, -0.1) is 0 Å². The molecule has 3 aromatic rings. The van der Waals surface area contributed by atoms with Crippen molar-refractivity contribution in [3.05, 3.63) is 120 Å². The molecule has 0 radical (unpaired) electrons. The first-order valence-electron chi connectivity index (χ1n) is 14.7. The monoisotopic (exact) mass is 556 g/mol. The molecule has 0 bridgehead atoms. The molecular formula is C36H48O3Si. The van der Waals surface area contributed by atoms with Crippen LogP contribution in [0.1, 0.15) is 63.6 Å². The van der Waals surface area contributed by atoms with E-state index in [9.17, 15) is 4.79 Å². The van der Waals surface area contributed by atoms with Gasteiger partial charge in [0, 0.05) is 13.2 Å². The fraction of sp³-hybridized carbons (Fsp3) is 0.417. The Morgan fingerprint density at radius 2 is 1.23 bits per heavy atom. The summed E-state index contributed by atoms with van der Waals surface area (Å²) in [6, 6.07) is 31.5. The molecule has 0 aliphatic carbocycles. The number of carbonyl (C=O) groups is 1. The van der Waals surface area contributed by atoms with Crippen LogP contribution in [0.15, 0.2) is 103 Å². The number of benzene rings is 3. The summed E-state index contributed by atoms with van der Waals surface area (Å²) in [4.78, 5) is 11.2. The molecule has 3 aromatic carbocycles. The first-order chi connectivity index (χ1) is 19.1. The Morgan fingerprint density at radius 1 is 0.750 bits per heavy atom. The van der Waals surface area contributed by atoms with Gasteiger partial charge in [0.2, 0.25) is 0 Å². The van der Waals surface area contributed by atoms with Crippen molar-refractivity contribution in [2.24, 2.45) is 11.8 Å². The molecule has 0 aliphatic rings. The molecule has 0 saturated carbocycles. The Kier molecular flexibility index (Phi) is 11.7. The predicted octanol–water partition coefficient (Wildman–Crippen LogP) is 9.19. The number of allylic oxidation sites excluding steroid dienone is 2. The van der Waals surface area contributed by atoms with E-state index >= 15 is 0 Å². The molecular weight excluding hydrogens is 508 g/mol. The van der Waals surface area contributed by atoms with E-state index in [0.29, 0.717) is 12.5 Å². The SMILES string of the molecule is C[C@@H](CCOC(c1ccccc1)(c1ccccc1)c1ccccc1)[C@H](/C=C/C=O)CCCO[Si](C)(C)C(C)(C)C. The van der Waals surface area contributed by atoms with Crippen LogP contribution in [-0.2, 0) is 19.6 Å². The van der Waals surface area contributed by atoms with E-state index in [2.05, 4.69) is 120 Å². The molecule has 2 atom stereocenters. The minimum atomic E-state index is -1.76. The summed E-state index contributed by atoms with van der Waals surface area (Å²) in [7, 11) is -1.76. The van der Waals surface area contributed by atoms with Gasteiger partial charge < -0.3 is 9.16 Å². The highest BCUT2D eigenvalue weighted by molar-refractivity contribution is 6.74. The average Bonchev–Trinajstić information content (AvgIpc) is 2.95. The standard InChI is InChI=1S/C36H48O3Si/c1-30(31(18-16-27-37)19-17-28-39-40(5,6)35(2,3)4)26-29-38-36(32-20-10-7-11-21-32,33-22-12-8-13-23-33)34-24-14-9-15-25-34/h7-16,18,20-25,27,30-31H,17,19,26,28-29H2,1-6H3/b18-16+/t30-,31+/m0/s1. The highest BCUT2D eigenvalue weighted by Crippen LogP contribution is 2.41. The van der Waals surface area contributed by atoms with Crippen LogP contribution in [0.3, 0.4) is 0 Å². The Balaban J connectivity index is 1.77. The Bertz CT molecular complexity index is 1070. The van der Waals surface area contributed by atoms with E-state index in [4.69, 9.17) is 9.16 Å². The van der Waals surface area contributed by atoms with Crippen molar-refractivity contribution in [1.82, 2.24) is 0 Å². The maximum Gasteiger partial charge on any atom is 0.191 e. The van der Waals surface area contributed by atoms with E-state index in [-0.39, 0.29) is 11.0 Å². The minimum absolute atomic E-state index is 0.206. The molecule has 3 rings (SSSR count). The highest BCUT2D eigenvalue weighted by atomic mass is 28.4. The van der Waals surface area contributed by atoms with Crippen molar-refractivity contribution in [3.63, 3.8) is 0 Å². The third-order valence-electron chi connectivity index (χ3n) is 8.55. The maximum atomic E-state index is 11.2. The predicted molar refractivity (Wildman–Crippen MR) is 170 cm³/mol. The van der Waals surface area contributed by atoms with Gasteiger partial charge >= 0.3 is 0 Å².